The molecule has 0 saturated heterocycles. The predicted octanol–water partition coefficient (Wildman–Crippen LogP) is 1.90. The largest absolute Gasteiger partial charge is 0.430 e. The first kappa shape index (κ1) is 18.1. The van der Waals surface area contributed by atoms with Gasteiger partial charge in [-0.1, -0.05) is 6.08 Å². The van der Waals surface area contributed by atoms with Crippen molar-refractivity contribution in [2.24, 2.45) is 4.99 Å². The number of amides is 1. The molecule has 1 aromatic carbocycles. The standard InChI is InChI=1S/C18H19N3O4S/c1-12(2)20-26(23,24)14-9-7-13(8-10-14)18-19-17(22)16(25-18)15-6-4-5-11-21(15)3/h4-12,20H,1-3H3/b16-15-. The number of hydrogen-bond donors (Lipinski definition) is 1. The molecule has 2 heterocycles. The molecule has 1 amide bonds. The van der Waals surface area contributed by atoms with Crippen LogP contribution in [0.3, 0.4) is 0 Å². The highest BCUT2D eigenvalue weighted by atomic mass is 32.2. The maximum absolute atomic E-state index is 12.2. The summed E-state index contributed by atoms with van der Waals surface area (Å²) >= 11 is 0. The first-order chi connectivity index (χ1) is 12.3. The number of aliphatic imine (C=N–C) groups is 1. The molecule has 0 atom stereocenters. The molecule has 0 unspecified atom stereocenters. The molecular weight excluding hydrogens is 354 g/mol. The number of nitrogens with one attached hydrogen (secondary N) is 1. The maximum atomic E-state index is 12.2. The topological polar surface area (TPSA) is 88.1 Å². The first-order valence-corrected chi connectivity index (χ1v) is 9.52. The predicted molar refractivity (Wildman–Crippen MR) is 97.6 cm³/mol. The lowest BCUT2D eigenvalue weighted by molar-refractivity contribution is -0.115. The van der Waals surface area contributed by atoms with Crippen molar-refractivity contribution in [3.8, 4) is 0 Å². The summed E-state index contributed by atoms with van der Waals surface area (Å²) in [5, 5.41) is 0. The first-order valence-electron chi connectivity index (χ1n) is 8.03. The summed E-state index contributed by atoms with van der Waals surface area (Å²) in [7, 11) is -1.77. The molecule has 1 aromatic rings. The Bertz CT molecular complexity index is 955. The van der Waals surface area contributed by atoms with Crippen LogP contribution in [0.15, 0.2) is 70.0 Å². The van der Waals surface area contributed by atoms with Gasteiger partial charge in [0.05, 0.1) is 10.6 Å². The number of benzene rings is 1. The van der Waals surface area contributed by atoms with E-state index < -0.39 is 15.9 Å². The third-order valence-corrected chi connectivity index (χ3v) is 5.36. The van der Waals surface area contributed by atoms with Gasteiger partial charge in [-0.25, -0.2) is 13.1 Å². The number of hydrogen-bond acceptors (Lipinski definition) is 5. The van der Waals surface area contributed by atoms with Crippen molar-refractivity contribution >= 4 is 21.8 Å². The summed E-state index contributed by atoms with van der Waals surface area (Å²) in [5.74, 6) is -0.184. The van der Waals surface area contributed by atoms with E-state index in [0.29, 0.717) is 11.3 Å². The quantitative estimate of drug-likeness (QED) is 0.815. The van der Waals surface area contributed by atoms with E-state index in [2.05, 4.69) is 9.71 Å². The number of rotatable bonds is 4. The van der Waals surface area contributed by atoms with Gasteiger partial charge in [-0.2, -0.15) is 4.99 Å². The zero-order valence-corrected chi connectivity index (χ0v) is 15.4. The minimum atomic E-state index is -3.58. The molecule has 0 aliphatic carbocycles. The van der Waals surface area contributed by atoms with Gasteiger partial charge >= 0.3 is 5.91 Å². The van der Waals surface area contributed by atoms with Crippen LogP contribution in [0.1, 0.15) is 19.4 Å². The third kappa shape index (κ3) is 3.61. The summed E-state index contributed by atoms with van der Waals surface area (Å²) in [6.45, 7) is 3.50. The van der Waals surface area contributed by atoms with E-state index in [9.17, 15) is 13.2 Å². The van der Waals surface area contributed by atoms with Crippen molar-refractivity contribution in [3.05, 3.63) is 65.7 Å². The van der Waals surface area contributed by atoms with Gasteiger partial charge in [-0.15, -0.1) is 0 Å². The average Bonchev–Trinajstić information content (AvgIpc) is 2.96. The second-order valence-corrected chi connectivity index (χ2v) is 7.86. The van der Waals surface area contributed by atoms with E-state index in [1.807, 2.05) is 6.08 Å². The number of carbonyl (C=O) groups excluding carboxylic acids is 1. The second-order valence-electron chi connectivity index (χ2n) is 6.15. The van der Waals surface area contributed by atoms with E-state index in [4.69, 9.17) is 4.74 Å². The van der Waals surface area contributed by atoms with Gasteiger partial charge in [0, 0.05) is 24.9 Å². The smallest absolute Gasteiger partial charge is 0.318 e. The highest BCUT2D eigenvalue weighted by molar-refractivity contribution is 7.89. The summed E-state index contributed by atoms with van der Waals surface area (Å²) in [4.78, 5) is 18.0. The van der Waals surface area contributed by atoms with Gasteiger partial charge in [0.2, 0.25) is 21.7 Å². The number of nitrogens with zero attached hydrogens (tertiary/aromatic N) is 2. The number of allylic oxidation sites excluding steroid dienone is 3. The van der Waals surface area contributed by atoms with Crippen molar-refractivity contribution in [1.29, 1.82) is 0 Å². The van der Waals surface area contributed by atoms with E-state index in [-0.39, 0.29) is 22.6 Å². The molecule has 2 aliphatic rings. The van der Waals surface area contributed by atoms with E-state index in [0.717, 1.165) is 0 Å². The molecule has 0 spiro atoms. The van der Waals surface area contributed by atoms with Crippen molar-refractivity contribution in [2.45, 2.75) is 24.8 Å². The monoisotopic (exact) mass is 373 g/mol. The molecule has 8 heteroatoms. The minimum Gasteiger partial charge on any atom is -0.430 e. The fourth-order valence-electron chi connectivity index (χ4n) is 2.51. The van der Waals surface area contributed by atoms with Crippen LogP contribution in [0.5, 0.6) is 0 Å². The Morgan fingerprint density at radius 3 is 2.46 bits per heavy atom. The Morgan fingerprint density at radius 1 is 1.15 bits per heavy atom. The van der Waals surface area contributed by atoms with Crippen LogP contribution in [0.4, 0.5) is 0 Å². The fraction of sp³-hybridized carbons (Fsp3) is 0.222. The van der Waals surface area contributed by atoms with Crippen LogP contribution in [-0.2, 0) is 19.6 Å². The number of ether oxygens (including phenoxy) is 1. The van der Waals surface area contributed by atoms with Crippen molar-refractivity contribution in [1.82, 2.24) is 9.62 Å². The van der Waals surface area contributed by atoms with Crippen LogP contribution in [0.2, 0.25) is 0 Å². The average molecular weight is 373 g/mol. The summed E-state index contributed by atoms with van der Waals surface area (Å²) in [6.07, 6.45) is 7.21. The molecule has 0 fully saturated rings. The van der Waals surface area contributed by atoms with Gasteiger partial charge in [-0.3, -0.25) is 4.79 Å². The SMILES string of the molecule is CC(C)NS(=O)(=O)c1ccc(C2=NC(=O)/C(=C3\C=CC=CN3C)O2)cc1. The molecule has 1 N–H and O–H groups in total. The highest BCUT2D eigenvalue weighted by Crippen LogP contribution is 2.24. The van der Waals surface area contributed by atoms with Gasteiger partial charge in [0.1, 0.15) is 0 Å². The molecule has 3 rings (SSSR count). The van der Waals surface area contributed by atoms with Gasteiger partial charge in [-0.05, 0) is 50.3 Å². The lowest BCUT2D eigenvalue weighted by atomic mass is 10.2. The van der Waals surface area contributed by atoms with Gasteiger partial charge in [0.15, 0.2) is 0 Å². The normalized spacial score (nSPS) is 19.9. The Balaban J connectivity index is 1.84. The molecule has 7 nitrogen and oxygen atoms in total. The Labute approximate surface area is 152 Å². The fourth-order valence-corrected chi connectivity index (χ4v) is 3.76. The lowest BCUT2D eigenvalue weighted by Crippen LogP contribution is -2.30. The Kier molecular flexibility index (Phi) is 4.80. The van der Waals surface area contributed by atoms with E-state index in [1.165, 1.54) is 12.1 Å². The number of carbonyl (C=O) groups is 1. The lowest BCUT2D eigenvalue weighted by Gasteiger charge is -2.18. The van der Waals surface area contributed by atoms with Crippen LogP contribution in [0, 0.1) is 0 Å². The van der Waals surface area contributed by atoms with E-state index >= 15 is 0 Å². The molecule has 0 bridgehead atoms. The maximum Gasteiger partial charge on any atom is 0.318 e. The zero-order chi connectivity index (χ0) is 18.9. The van der Waals surface area contributed by atoms with Crippen LogP contribution in [-0.4, -0.2) is 38.2 Å². The zero-order valence-electron chi connectivity index (χ0n) is 14.6. The van der Waals surface area contributed by atoms with Crippen molar-refractivity contribution in [2.75, 3.05) is 7.05 Å². The Hall–Kier alpha value is -2.71. The minimum absolute atomic E-state index is 0.138. The van der Waals surface area contributed by atoms with Gasteiger partial charge < -0.3 is 9.64 Å². The Morgan fingerprint density at radius 2 is 1.85 bits per heavy atom. The van der Waals surface area contributed by atoms with Crippen LogP contribution in [0.25, 0.3) is 0 Å². The second kappa shape index (κ2) is 6.89. The molecule has 0 saturated carbocycles. The highest BCUT2D eigenvalue weighted by Gasteiger charge is 2.28. The molecular formula is C18H19N3O4S. The van der Waals surface area contributed by atoms with Crippen molar-refractivity contribution < 1.29 is 17.9 Å². The third-order valence-electron chi connectivity index (χ3n) is 3.69. The molecule has 2 aliphatic heterocycles. The molecule has 0 radical (unpaired) electrons. The van der Waals surface area contributed by atoms with Gasteiger partial charge in [0.25, 0.3) is 0 Å². The van der Waals surface area contributed by atoms with E-state index in [1.54, 1.807) is 56.3 Å². The summed E-state index contributed by atoms with van der Waals surface area (Å²) in [6, 6.07) is 5.83. The van der Waals surface area contributed by atoms with Crippen molar-refractivity contribution in [3.63, 3.8) is 0 Å². The molecule has 136 valence electrons. The summed E-state index contributed by atoms with van der Waals surface area (Å²) in [5.41, 5.74) is 1.13. The molecule has 26 heavy (non-hydrogen) atoms. The summed E-state index contributed by atoms with van der Waals surface area (Å²) < 4.78 is 32.5. The number of sulfonamides is 1. The van der Waals surface area contributed by atoms with Crippen LogP contribution < -0.4 is 4.72 Å². The van der Waals surface area contributed by atoms with Crippen LogP contribution >= 0.6 is 0 Å². The molecule has 0 aromatic heterocycles. The number of likely N-dealkylation sites (N-methyl/N-ethyl adjacent to an activating group) is 1.